The molecule has 33 heavy (non-hydrogen) atoms. The van der Waals surface area contributed by atoms with Gasteiger partial charge in [0.2, 0.25) is 5.89 Å². The number of esters is 1. The van der Waals surface area contributed by atoms with E-state index in [0.29, 0.717) is 34.4 Å². The number of ether oxygens (including phenoxy) is 1. The Morgan fingerprint density at radius 3 is 2.79 bits per heavy atom. The summed E-state index contributed by atoms with van der Waals surface area (Å²) in [5.41, 5.74) is 2.04. The van der Waals surface area contributed by atoms with Gasteiger partial charge in [0, 0.05) is 16.8 Å². The second-order valence-electron chi connectivity index (χ2n) is 6.89. The SMILES string of the molecule is CCOC(=O)c1ccn(-c2cccc(NC(=O)c3ccccc3SCc3nc(C)no3)c2)n1. The van der Waals surface area contributed by atoms with Crippen molar-refractivity contribution in [2.45, 2.75) is 24.5 Å². The molecule has 168 valence electrons. The number of thioether (sulfide) groups is 1. The monoisotopic (exact) mass is 463 g/mol. The molecule has 0 aliphatic rings. The van der Waals surface area contributed by atoms with Crippen molar-refractivity contribution in [1.29, 1.82) is 0 Å². The first-order valence-corrected chi connectivity index (χ1v) is 11.2. The van der Waals surface area contributed by atoms with E-state index in [9.17, 15) is 9.59 Å². The molecule has 10 heteroatoms. The quantitative estimate of drug-likeness (QED) is 0.304. The van der Waals surface area contributed by atoms with E-state index in [0.717, 1.165) is 4.90 Å². The van der Waals surface area contributed by atoms with Gasteiger partial charge in [-0.3, -0.25) is 4.79 Å². The van der Waals surface area contributed by atoms with Crippen LogP contribution >= 0.6 is 11.8 Å². The number of hydrogen-bond donors (Lipinski definition) is 1. The van der Waals surface area contributed by atoms with Gasteiger partial charge >= 0.3 is 5.97 Å². The maximum Gasteiger partial charge on any atom is 0.358 e. The van der Waals surface area contributed by atoms with Crippen LogP contribution in [-0.2, 0) is 10.5 Å². The summed E-state index contributed by atoms with van der Waals surface area (Å²) in [4.78, 5) is 29.9. The third kappa shape index (κ3) is 5.47. The van der Waals surface area contributed by atoms with Crippen LogP contribution in [0.3, 0.4) is 0 Å². The van der Waals surface area contributed by atoms with Gasteiger partial charge in [-0.1, -0.05) is 23.4 Å². The second kappa shape index (κ2) is 10.1. The van der Waals surface area contributed by atoms with Gasteiger partial charge in [-0.05, 0) is 50.2 Å². The van der Waals surface area contributed by atoms with E-state index in [-0.39, 0.29) is 18.2 Å². The molecule has 0 aliphatic heterocycles. The highest BCUT2D eigenvalue weighted by Gasteiger charge is 2.15. The van der Waals surface area contributed by atoms with Crippen molar-refractivity contribution < 1.29 is 18.8 Å². The Labute approximate surface area is 194 Å². The van der Waals surface area contributed by atoms with Crippen LogP contribution in [0, 0.1) is 6.92 Å². The van der Waals surface area contributed by atoms with E-state index >= 15 is 0 Å². The zero-order valence-electron chi connectivity index (χ0n) is 18.0. The van der Waals surface area contributed by atoms with Gasteiger partial charge < -0.3 is 14.6 Å². The zero-order valence-corrected chi connectivity index (χ0v) is 18.8. The van der Waals surface area contributed by atoms with Crippen molar-refractivity contribution in [3.05, 3.63) is 83.8 Å². The molecular formula is C23H21N5O4S. The van der Waals surface area contributed by atoms with Crippen LogP contribution in [-0.4, -0.2) is 38.4 Å². The Morgan fingerprint density at radius 1 is 1.15 bits per heavy atom. The molecule has 0 spiro atoms. The van der Waals surface area contributed by atoms with Crippen LogP contribution in [0.4, 0.5) is 5.69 Å². The number of carbonyl (C=O) groups excluding carboxylic acids is 2. The standard InChI is InChI=1S/C23H21N5O4S/c1-3-31-23(30)19-11-12-28(26-19)17-8-6-7-16(13-17)25-22(29)18-9-4-5-10-20(18)33-14-21-24-15(2)27-32-21/h4-13H,3,14H2,1-2H3,(H,25,29). The molecule has 0 radical (unpaired) electrons. The molecule has 1 amide bonds. The number of rotatable bonds is 8. The predicted octanol–water partition coefficient (Wildman–Crippen LogP) is 4.29. The smallest absolute Gasteiger partial charge is 0.358 e. The minimum atomic E-state index is -0.481. The summed E-state index contributed by atoms with van der Waals surface area (Å²) < 4.78 is 11.7. The van der Waals surface area contributed by atoms with Crippen LogP contribution in [0.2, 0.25) is 0 Å². The third-order valence-electron chi connectivity index (χ3n) is 4.49. The van der Waals surface area contributed by atoms with Crippen molar-refractivity contribution in [2.24, 2.45) is 0 Å². The van der Waals surface area contributed by atoms with Gasteiger partial charge in [-0.2, -0.15) is 10.1 Å². The first-order chi connectivity index (χ1) is 16.0. The molecule has 2 heterocycles. The van der Waals surface area contributed by atoms with Crippen molar-refractivity contribution in [2.75, 3.05) is 11.9 Å². The fraction of sp³-hybridized carbons (Fsp3) is 0.174. The molecule has 0 atom stereocenters. The van der Waals surface area contributed by atoms with E-state index in [4.69, 9.17) is 9.26 Å². The van der Waals surface area contributed by atoms with Gasteiger partial charge in [-0.15, -0.1) is 11.8 Å². The third-order valence-corrected chi connectivity index (χ3v) is 5.55. The summed E-state index contributed by atoms with van der Waals surface area (Å²) in [6.07, 6.45) is 1.67. The lowest BCUT2D eigenvalue weighted by molar-refractivity contribution is 0.0519. The summed E-state index contributed by atoms with van der Waals surface area (Å²) in [7, 11) is 0. The summed E-state index contributed by atoms with van der Waals surface area (Å²) in [5.74, 6) is 0.808. The van der Waals surface area contributed by atoms with Crippen LogP contribution in [0.5, 0.6) is 0 Å². The maximum absolute atomic E-state index is 13.0. The van der Waals surface area contributed by atoms with Crippen LogP contribution < -0.4 is 5.32 Å². The molecule has 0 bridgehead atoms. The van der Waals surface area contributed by atoms with E-state index in [1.165, 1.54) is 11.8 Å². The Hall–Kier alpha value is -3.92. The lowest BCUT2D eigenvalue weighted by Gasteiger charge is -2.10. The number of hydrogen-bond acceptors (Lipinski definition) is 8. The lowest BCUT2D eigenvalue weighted by Crippen LogP contribution is -2.13. The summed E-state index contributed by atoms with van der Waals surface area (Å²) >= 11 is 1.45. The predicted molar refractivity (Wildman–Crippen MR) is 123 cm³/mol. The molecule has 0 saturated carbocycles. The normalized spacial score (nSPS) is 10.7. The summed E-state index contributed by atoms with van der Waals surface area (Å²) in [5, 5.41) is 11.0. The molecule has 0 fully saturated rings. The topological polar surface area (TPSA) is 112 Å². The van der Waals surface area contributed by atoms with Crippen LogP contribution in [0.25, 0.3) is 5.69 Å². The molecule has 2 aromatic heterocycles. The average Bonchev–Trinajstić information content (AvgIpc) is 3.48. The molecule has 0 saturated heterocycles. The lowest BCUT2D eigenvalue weighted by atomic mass is 10.2. The van der Waals surface area contributed by atoms with E-state index < -0.39 is 5.97 Å². The molecule has 1 N–H and O–H groups in total. The molecule has 9 nitrogen and oxygen atoms in total. The number of benzene rings is 2. The van der Waals surface area contributed by atoms with E-state index in [1.807, 2.05) is 24.3 Å². The summed E-state index contributed by atoms with van der Waals surface area (Å²) in [6.45, 7) is 3.78. The average molecular weight is 464 g/mol. The number of carbonyl (C=O) groups is 2. The van der Waals surface area contributed by atoms with Crippen LogP contribution in [0.1, 0.15) is 39.5 Å². The number of aryl methyl sites for hydroxylation is 1. The number of amides is 1. The van der Waals surface area contributed by atoms with Crippen LogP contribution in [0.15, 0.2) is 70.2 Å². The molecule has 2 aromatic carbocycles. The highest BCUT2D eigenvalue weighted by atomic mass is 32.2. The van der Waals surface area contributed by atoms with Gasteiger partial charge in [0.15, 0.2) is 11.5 Å². The minimum absolute atomic E-state index is 0.216. The van der Waals surface area contributed by atoms with Crippen molar-refractivity contribution in [3.63, 3.8) is 0 Å². The Balaban J connectivity index is 1.48. The van der Waals surface area contributed by atoms with E-state index in [2.05, 4.69) is 20.6 Å². The minimum Gasteiger partial charge on any atom is -0.461 e. The largest absolute Gasteiger partial charge is 0.461 e. The first kappa shape index (κ1) is 22.3. The Morgan fingerprint density at radius 2 is 2.00 bits per heavy atom. The number of nitrogens with zero attached hydrogens (tertiary/aromatic N) is 4. The second-order valence-corrected chi connectivity index (χ2v) is 7.91. The van der Waals surface area contributed by atoms with Crippen molar-refractivity contribution >= 4 is 29.3 Å². The number of nitrogens with one attached hydrogen (secondary N) is 1. The van der Waals surface area contributed by atoms with E-state index in [1.54, 1.807) is 55.1 Å². The molecule has 4 rings (SSSR count). The highest BCUT2D eigenvalue weighted by Crippen LogP contribution is 2.27. The maximum atomic E-state index is 13.0. The zero-order chi connectivity index (χ0) is 23.2. The Bertz CT molecular complexity index is 1280. The van der Waals surface area contributed by atoms with Gasteiger partial charge in [0.05, 0.1) is 23.6 Å². The van der Waals surface area contributed by atoms with Gasteiger partial charge in [0.1, 0.15) is 0 Å². The first-order valence-electron chi connectivity index (χ1n) is 10.2. The van der Waals surface area contributed by atoms with Crippen molar-refractivity contribution in [1.82, 2.24) is 19.9 Å². The van der Waals surface area contributed by atoms with Gasteiger partial charge in [-0.25, -0.2) is 9.48 Å². The number of aromatic nitrogens is 4. The Kier molecular flexibility index (Phi) is 6.84. The molecule has 0 unspecified atom stereocenters. The molecule has 4 aromatic rings. The highest BCUT2D eigenvalue weighted by molar-refractivity contribution is 7.98. The van der Waals surface area contributed by atoms with Gasteiger partial charge in [0.25, 0.3) is 5.91 Å². The van der Waals surface area contributed by atoms with Crippen molar-refractivity contribution in [3.8, 4) is 5.69 Å². The molecular weight excluding hydrogens is 442 g/mol. The summed E-state index contributed by atoms with van der Waals surface area (Å²) in [6, 6.07) is 16.1. The fourth-order valence-corrected chi connectivity index (χ4v) is 3.91. The molecule has 0 aliphatic carbocycles. The number of anilines is 1. The fourth-order valence-electron chi connectivity index (χ4n) is 3.02.